The topological polar surface area (TPSA) is 9.23 Å². The number of hydrogen-bond donors (Lipinski definition) is 0. The van der Waals surface area contributed by atoms with Crippen molar-refractivity contribution in [3.8, 4) is 5.75 Å². The fourth-order valence-corrected chi connectivity index (χ4v) is 3.67. The Kier molecular flexibility index (Phi) is 5.04. The minimum Gasteiger partial charge on any atom is -0.495 e. The summed E-state index contributed by atoms with van der Waals surface area (Å²) in [6, 6.07) is 6.99. The van der Waals surface area contributed by atoms with Gasteiger partial charge < -0.3 is 4.74 Å². The van der Waals surface area contributed by atoms with Gasteiger partial charge >= 0.3 is 0 Å². The summed E-state index contributed by atoms with van der Waals surface area (Å²) >= 11 is 12.6. The fraction of sp³-hybridized carbons (Fsp3) is 0.143. The van der Waals surface area contributed by atoms with Gasteiger partial charge in [0.15, 0.2) is 0 Å². The molecule has 0 radical (unpaired) electrons. The molecule has 0 saturated heterocycles. The average Bonchev–Trinajstić information content (AvgIpc) is 2.37. The van der Waals surface area contributed by atoms with Gasteiger partial charge in [-0.15, -0.1) is 0 Å². The summed E-state index contributed by atoms with van der Waals surface area (Å²) in [5.41, 5.74) is 0.454. The van der Waals surface area contributed by atoms with Gasteiger partial charge in [0.2, 0.25) is 0 Å². The van der Waals surface area contributed by atoms with Crippen LogP contribution in [-0.2, 0) is 0 Å². The van der Waals surface area contributed by atoms with Crippen LogP contribution in [0.5, 0.6) is 5.75 Å². The zero-order chi connectivity index (χ0) is 14.9. The fourth-order valence-electron chi connectivity index (χ4n) is 1.89. The lowest BCUT2D eigenvalue weighted by molar-refractivity contribution is 0.407. The smallest absolute Gasteiger partial charge is 0.137 e. The highest BCUT2D eigenvalue weighted by molar-refractivity contribution is 9.10. The van der Waals surface area contributed by atoms with E-state index in [0.717, 1.165) is 0 Å². The standard InChI is InChI=1S/C14H9Br2ClF2O/c1-20-14-8(5-7(17)6-9(14)15)13(16)12-10(18)3-2-4-11(12)19/h2-6,13H,1H3. The van der Waals surface area contributed by atoms with E-state index >= 15 is 0 Å². The number of halogens is 5. The molecule has 6 heteroatoms. The van der Waals surface area contributed by atoms with Crippen LogP contribution in [0.4, 0.5) is 8.78 Å². The van der Waals surface area contributed by atoms with Crippen LogP contribution in [0, 0.1) is 11.6 Å². The van der Waals surface area contributed by atoms with Crippen molar-refractivity contribution in [2.75, 3.05) is 7.11 Å². The van der Waals surface area contributed by atoms with Gasteiger partial charge in [-0.25, -0.2) is 8.78 Å². The molecular formula is C14H9Br2ClF2O. The van der Waals surface area contributed by atoms with Crippen LogP contribution in [0.1, 0.15) is 16.0 Å². The number of benzene rings is 2. The predicted octanol–water partition coefficient (Wildman–Crippen LogP) is 5.87. The molecule has 0 spiro atoms. The molecule has 1 nitrogen and oxygen atoms in total. The van der Waals surface area contributed by atoms with Crippen molar-refractivity contribution in [3.63, 3.8) is 0 Å². The molecular weight excluding hydrogens is 417 g/mol. The van der Waals surface area contributed by atoms with Gasteiger partial charge in [-0.2, -0.15) is 0 Å². The van der Waals surface area contributed by atoms with Crippen LogP contribution in [-0.4, -0.2) is 7.11 Å². The molecule has 0 bridgehead atoms. The van der Waals surface area contributed by atoms with E-state index in [1.165, 1.54) is 25.3 Å². The van der Waals surface area contributed by atoms with Crippen LogP contribution < -0.4 is 4.74 Å². The number of ether oxygens (including phenoxy) is 1. The maximum atomic E-state index is 13.9. The van der Waals surface area contributed by atoms with Crippen molar-refractivity contribution < 1.29 is 13.5 Å². The normalized spacial score (nSPS) is 12.3. The van der Waals surface area contributed by atoms with Crippen LogP contribution in [0.15, 0.2) is 34.8 Å². The Morgan fingerprint density at radius 1 is 1.20 bits per heavy atom. The molecule has 0 heterocycles. The second kappa shape index (κ2) is 6.41. The van der Waals surface area contributed by atoms with Crippen LogP contribution >= 0.6 is 43.5 Å². The lowest BCUT2D eigenvalue weighted by atomic mass is 10.0. The molecule has 20 heavy (non-hydrogen) atoms. The van der Waals surface area contributed by atoms with Gasteiger partial charge in [-0.05, 0) is 40.2 Å². The second-order valence-corrected chi connectivity index (χ2v) is 6.21. The molecule has 2 aromatic carbocycles. The molecule has 0 amide bonds. The lowest BCUT2D eigenvalue weighted by Gasteiger charge is -2.17. The molecule has 0 saturated carbocycles. The van der Waals surface area contributed by atoms with Crippen molar-refractivity contribution in [1.29, 1.82) is 0 Å². The van der Waals surface area contributed by atoms with Crippen molar-refractivity contribution in [2.45, 2.75) is 4.83 Å². The number of alkyl halides is 1. The van der Waals surface area contributed by atoms with Gasteiger partial charge in [0.1, 0.15) is 17.4 Å². The molecule has 106 valence electrons. The average molecular weight is 426 g/mol. The summed E-state index contributed by atoms with van der Waals surface area (Å²) in [4.78, 5) is -0.714. The van der Waals surface area contributed by atoms with E-state index in [-0.39, 0.29) is 5.56 Å². The molecule has 0 aliphatic heterocycles. The third-order valence-corrected chi connectivity index (χ3v) is 4.53. The van der Waals surface area contributed by atoms with E-state index in [0.29, 0.717) is 20.8 Å². The number of methoxy groups -OCH3 is 1. The van der Waals surface area contributed by atoms with Gasteiger partial charge in [0.25, 0.3) is 0 Å². The Hall–Kier alpha value is -0.650. The van der Waals surface area contributed by atoms with Crippen LogP contribution in [0.3, 0.4) is 0 Å². The first kappa shape index (κ1) is 15.7. The number of hydrogen-bond acceptors (Lipinski definition) is 1. The molecule has 0 N–H and O–H groups in total. The third kappa shape index (κ3) is 3.00. The van der Waals surface area contributed by atoms with Gasteiger partial charge in [0.05, 0.1) is 16.4 Å². The summed E-state index contributed by atoms with van der Waals surface area (Å²) in [6.45, 7) is 0. The Bertz CT molecular complexity index is 629. The molecule has 0 aromatic heterocycles. The Balaban J connectivity index is 2.62. The number of rotatable bonds is 3. The van der Waals surface area contributed by atoms with E-state index in [1.54, 1.807) is 12.1 Å². The zero-order valence-corrected chi connectivity index (χ0v) is 14.2. The highest BCUT2D eigenvalue weighted by atomic mass is 79.9. The largest absolute Gasteiger partial charge is 0.495 e. The first-order valence-corrected chi connectivity index (χ1v) is 7.65. The minimum absolute atomic E-state index is 0.0834. The Morgan fingerprint density at radius 3 is 2.35 bits per heavy atom. The summed E-state index contributed by atoms with van der Waals surface area (Å²) < 4.78 is 33.6. The van der Waals surface area contributed by atoms with Crippen molar-refractivity contribution >= 4 is 43.5 Å². The molecule has 1 atom stereocenters. The summed E-state index contributed by atoms with van der Waals surface area (Å²) in [6.07, 6.45) is 0. The highest BCUT2D eigenvalue weighted by Crippen LogP contribution is 2.43. The molecule has 0 aliphatic rings. The summed E-state index contributed by atoms with van der Waals surface area (Å²) in [5.74, 6) is -0.797. The minimum atomic E-state index is -0.714. The van der Waals surface area contributed by atoms with Crippen LogP contribution in [0.25, 0.3) is 0 Å². The summed E-state index contributed by atoms with van der Waals surface area (Å²) in [5, 5.41) is 0.439. The van der Waals surface area contributed by atoms with E-state index in [9.17, 15) is 8.78 Å². The monoisotopic (exact) mass is 424 g/mol. The van der Waals surface area contributed by atoms with Gasteiger partial charge in [-0.1, -0.05) is 33.6 Å². The second-order valence-electron chi connectivity index (χ2n) is 4.01. The summed E-state index contributed by atoms with van der Waals surface area (Å²) in [7, 11) is 1.48. The van der Waals surface area contributed by atoms with E-state index in [1.807, 2.05) is 0 Å². The van der Waals surface area contributed by atoms with Crippen molar-refractivity contribution in [1.82, 2.24) is 0 Å². The Labute approximate surface area is 137 Å². The van der Waals surface area contributed by atoms with Crippen molar-refractivity contribution in [2.24, 2.45) is 0 Å². The van der Waals surface area contributed by atoms with Gasteiger partial charge in [0, 0.05) is 16.1 Å². The first-order valence-electron chi connectivity index (χ1n) is 5.56. The van der Waals surface area contributed by atoms with Gasteiger partial charge in [-0.3, -0.25) is 0 Å². The molecule has 0 fully saturated rings. The highest BCUT2D eigenvalue weighted by Gasteiger charge is 2.24. The molecule has 2 rings (SSSR count). The zero-order valence-electron chi connectivity index (χ0n) is 10.3. The third-order valence-electron chi connectivity index (χ3n) is 2.77. The van der Waals surface area contributed by atoms with Crippen LogP contribution in [0.2, 0.25) is 5.02 Å². The lowest BCUT2D eigenvalue weighted by Crippen LogP contribution is -2.03. The van der Waals surface area contributed by atoms with E-state index in [2.05, 4.69) is 31.9 Å². The SMILES string of the molecule is COc1c(Br)cc(Cl)cc1C(Br)c1c(F)cccc1F. The maximum Gasteiger partial charge on any atom is 0.137 e. The molecule has 2 aromatic rings. The molecule has 0 aliphatic carbocycles. The van der Waals surface area contributed by atoms with E-state index < -0.39 is 16.5 Å². The predicted molar refractivity (Wildman–Crippen MR) is 82.8 cm³/mol. The van der Waals surface area contributed by atoms with Crippen molar-refractivity contribution in [3.05, 3.63) is 62.6 Å². The Morgan fingerprint density at radius 2 is 1.80 bits per heavy atom. The maximum absolute atomic E-state index is 13.9. The quantitative estimate of drug-likeness (QED) is 0.558. The van der Waals surface area contributed by atoms with E-state index in [4.69, 9.17) is 16.3 Å². The first-order chi connectivity index (χ1) is 9.45. The molecule has 1 unspecified atom stereocenters.